The summed E-state index contributed by atoms with van der Waals surface area (Å²) in [5.74, 6) is -1.04. The van der Waals surface area contributed by atoms with E-state index in [4.69, 9.17) is 19.1 Å². The highest BCUT2D eigenvalue weighted by molar-refractivity contribution is 7.47. The fourth-order valence-corrected chi connectivity index (χ4v) is 4.41. The number of hydrogen-bond donors (Lipinski definition) is 3. The predicted octanol–water partition coefficient (Wildman–Crippen LogP) is 6.49. The van der Waals surface area contributed by atoms with Crippen molar-refractivity contribution in [2.45, 2.75) is 122 Å². The van der Waals surface area contributed by atoms with Crippen LogP contribution in [-0.4, -0.2) is 65.7 Å². The highest BCUT2D eigenvalue weighted by Crippen LogP contribution is 2.43. The molecule has 0 aliphatic carbocycles. The molecule has 0 heterocycles. The first kappa shape index (κ1) is 40.2. The first-order valence-corrected chi connectivity index (χ1v) is 16.9. The molecule has 0 aliphatic heterocycles. The molecule has 0 radical (unpaired) electrons. The van der Waals surface area contributed by atoms with Crippen molar-refractivity contribution >= 4 is 19.8 Å². The SMILES string of the molecule is CCCCC/C=C\C/C=C\C/C=C\CCCCCCCCC(=O)OC(COC(=O)CC)COP(=O)(O)OCC(O)CO. The molecule has 0 aromatic carbocycles. The number of carbonyl (C=O) groups is 2. The Morgan fingerprint density at radius 2 is 1.29 bits per heavy atom. The number of phosphoric acid groups is 1. The summed E-state index contributed by atoms with van der Waals surface area (Å²) in [6.07, 6.45) is 25.2. The molecule has 244 valence electrons. The van der Waals surface area contributed by atoms with Crippen LogP contribution in [0.1, 0.15) is 110 Å². The molecule has 10 nitrogen and oxygen atoms in total. The molecule has 0 spiro atoms. The third-order valence-corrected chi connectivity index (χ3v) is 7.05. The second-order valence-electron chi connectivity index (χ2n) is 10.1. The Bertz CT molecular complexity index is 812. The molecule has 0 aromatic heterocycles. The molecule has 0 fully saturated rings. The summed E-state index contributed by atoms with van der Waals surface area (Å²) in [6.45, 7) is 1.67. The van der Waals surface area contributed by atoms with Gasteiger partial charge in [-0.15, -0.1) is 0 Å². The molecule has 0 amide bonds. The van der Waals surface area contributed by atoms with Gasteiger partial charge in [0, 0.05) is 12.8 Å². The Morgan fingerprint density at radius 3 is 1.88 bits per heavy atom. The lowest BCUT2D eigenvalue weighted by molar-refractivity contribution is -0.161. The van der Waals surface area contributed by atoms with Crippen molar-refractivity contribution in [3.63, 3.8) is 0 Å². The van der Waals surface area contributed by atoms with Crippen LogP contribution < -0.4 is 0 Å². The number of phosphoric ester groups is 1. The molecule has 3 unspecified atom stereocenters. The van der Waals surface area contributed by atoms with Crippen LogP contribution in [-0.2, 0) is 32.7 Å². The first-order chi connectivity index (χ1) is 20.2. The summed E-state index contributed by atoms with van der Waals surface area (Å²) in [6, 6.07) is 0. The highest BCUT2D eigenvalue weighted by atomic mass is 31.2. The summed E-state index contributed by atoms with van der Waals surface area (Å²) in [7, 11) is -4.58. The largest absolute Gasteiger partial charge is 0.472 e. The summed E-state index contributed by atoms with van der Waals surface area (Å²) >= 11 is 0. The second kappa shape index (κ2) is 28.0. The third kappa shape index (κ3) is 27.0. The van der Waals surface area contributed by atoms with Crippen LogP contribution >= 0.6 is 7.82 Å². The van der Waals surface area contributed by atoms with Gasteiger partial charge in [-0.1, -0.05) is 88.8 Å². The van der Waals surface area contributed by atoms with Gasteiger partial charge in [0.05, 0.1) is 19.8 Å². The predicted molar refractivity (Wildman–Crippen MR) is 164 cm³/mol. The Kier molecular flexibility index (Phi) is 26.8. The van der Waals surface area contributed by atoms with E-state index in [0.29, 0.717) is 6.42 Å². The lowest BCUT2D eigenvalue weighted by atomic mass is 10.1. The van der Waals surface area contributed by atoms with E-state index in [1.54, 1.807) is 6.92 Å². The van der Waals surface area contributed by atoms with Crippen LogP contribution in [0.25, 0.3) is 0 Å². The van der Waals surface area contributed by atoms with Gasteiger partial charge in [-0.3, -0.25) is 18.6 Å². The topological polar surface area (TPSA) is 149 Å². The van der Waals surface area contributed by atoms with Gasteiger partial charge in [0.15, 0.2) is 6.10 Å². The van der Waals surface area contributed by atoms with E-state index in [2.05, 4.69) is 47.9 Å². The molecule has 3 N–H and O–H groups in total. The van der Waals surface area contributed by atoms with E-state index in [1.807, 2.05) is 0 Å². The molecule has 0 aromatic rings. The minimum atomic E-state index is -4.58. The first-order valence-electron chi connectivity index (χ1n) is 15.4. The average Bonchev–Trinajstić information content (AvgIpc) is 2.98. The van der Waals surface area contributed by atoms with Gasteiger partial charge in [0.25, 0.3) is 0 Å². The summed E-state index contributed by atoms with van der Waals surface area (Å²) in [4.78, 5) is 33.5. The van der Waals surface area contributed by atoms with Crippen molar-refractivity contribution in [1.82, 2.24) is 0 Å². The number of aliphatic hydroxyl groups excluding tert-OH is 2. The zero-order valence-corrected chi connectivity index (χ0v) is 26.6. The summed E-state index contributed by atoms with van der Waals surface area (Å²) < 4.78 is 31.6. The number of allylic oxidation sites excluding steroid dienone is 6. The molecule has 0 aliphatic rings. The maximum atomic E-state index is 12.3. The minimum Gasteiger partial charge on any atom is -0.462 e. The summed E-state index contributed by atoms with van der Waals surface area (Å²) in [5.41, 5.74) is 0. The fourth-order valence-electron chi connectivity index (χ4n) is 3.63. The molecule has 0 saturated carbocycles. The quantitative estimate of drug-likeness (QED) is 0.0384. The molecule has 0 saturated heterocycles. The Hall–Kier alpha value is -1.81. The van der Waals surface area contributed by atoms with Crippen LogP contribution in [0.3, 0.4) is 0 Å². The number of unbranched alkanes of at least 4 members (excludes halogenated alkanes) is 9. The number of ether oxygens (including phenoxy) is 2. The van der Waals surface area contributed by atoms with Crippen LogP contribution in [0, 0.1) is 0 Å². The Balaban J connectivity index is 4.05. The van der Waals surface area contributed by atoms with E-state index in [0.717, 1.165) is 51.4 Å². The lowest BCUT2D eigenvalue weighted by Gasteiger charge is -2.20. The van der Waals surface area contributed by atoms with Crippen LogP contribution in [0.4, 0.5) is 0 Å². The molecular weight excluding hydrogens is 563 g/mol. The van der Waals surface area contributed by atoms with E-state index < -0.39 is 51.8 Å². The van der Waals surface area contributed by atoms with E-state index in [9.17, 15) is 24.2 Å². The van der Waals surface area contributed by atoms with E-state index in [-0.39, 0.29) is 19.4 Å². The summed E-state index contributed by atoms with van der Waals surface area (Å²) in [5, 5.41) is 18.0. The third-order valence-electron chi connectivity index (χ3n) is 6.10. The van der Waals surface area contributed by atoms with Gasteiger partial charge in [0.2, 0.25) is 0 Å². The van der Waals surface area contributed by atoms with Gasteiger partial charge >= 0.3 is 19.8 Å². The maximum absolute atomic E-state index is 12.3. The van der Waals surface area contributed by atoms with Crippen LogP contribution in [0.2, 0.25) is 0 Å². The molecule has 11 heteroatoms. The zero-order valence-electron chi connectivity index (χ0n) is 25.7. The number of hydrogen-bond acceptors (Lipinski definition) is 9. The molecule has 42 heavy (non-hydrogen) atoms. The average molecular weight is 619 g/mol. The van der Waals surface area contributed by atoms with Gasteiger partial charge in [-0.2, -0.15) is 0 Å². The van der Waals surface area contributed by atoms with Gasteiger partial charge in [-0.25, -0.2) is 4.57 Å². The van der Waals surface area contributed by atoms with Crippen molar-refractivity contribution in [2.24, 2.45) is 0 Å². The highest BCUT2D eigenvalue weighted by Gasteiger charge is 2.27. The smallest absolute Gasteiger partial charge is 0.462 e. The van der Waals surface area contributed by atoms with Crippen LogP contribution in [0.5, 0.6) is 0 Å². The Labute approximate surface area is 252 Å². The van der Waals surface area contributed by atoms with Gasteiger partial charge in [-0.05, 0) is 44.9 Å². The van der Waals surface area contributed by atoms with Crippen molar-refractivity contribution in [3.8, 4) is 0 Å². The minimum absolute atomic E-state index is 0.118. The molecule has 0 bridgehead atoms. The van der Waals surface area contributed by atoms with Crippen molar-refractivity contribution < 1.29 is 47.8 Å². The monoisotopic (exact) mass is 618 g/mol. The van der Waals surface area contributed by atoms with Gasteiger partial charge < -0.3 is 24.6 Å². The fraction of sp³-hybridized carbons (Fsp3) is 0.742. The van der Waals surface area contributed by atoms with Crippen molar-refractivity contribution in [1.29, 1.82) is 0 Å². The maximum Gasteiger partial charge on any atom is 0.472 e. The number of carbonyl (C=O) groups excluding carboxylic acids is 2. The number of aliphatic hydroxyl groups is 2. The normalized spacial score (nSPS) is 14.9. The number of rotatable bonds is 28. The lowest BCUT2D eigenvalue weighted by Crippen LogP contribution is -2.29. The standard InChI is InChI=1S/C31H55O10P/c1-3-5-6-7-8-9-10-11-12-13-14-15-16-17-18-19-20-21-22-23-31(35)41-29(26-38-30(34)4-2)27-40-42(36,37)39-25-28(33)24-32/h8-9,11-12,14-15,28-29,32-33H,3-7,10,13,16-27H2,1-2H3,(H,36,37)/b9-8-,12-11-,15-14-. The van der Waals surface area contributed by atoms with Crippen molar-refractivity contribution in [3.05, 3.63) is 36.5 Å². The molecule has 3 atom stereocenters. The molecule has 0 rings (SSSR count). The molecular formula is C31H55O10P. The zero-order chi connectivity index (χ0) is 31.3. The Morgan fingerprint density at radius 1 is 0.738 bits per heavy atom. The van der Waals surface area contributed by atoms with Crippen LogP contribution in [0.15, 0.2) is 36.5 Å². The van der Waals surface area contributed by atoms with E-state index >= 15 is 0 Å². The van der Waals surface area contributed by atoms with Gasteiger partial charge in [0.1, 0.15) is 12.7 Å². The van der Waals surface area contributed by atoms with Crippen molar-refractivity contribution in [2.75, 3.05) is 26.4 Å². The second-order valence-corrected chi connectivity index (χ2v) is 11.5. The number of esters is 2. The van der Waals surface area contributed by atoms with E-state index in [1.165, 1.54) is 25.7 Å².